The van der Waals surface area contributed by atoms with Crippen LogP contribution in [0.1, 0.15) is 46.8 Å². The van der Waals surface area contributed by atoms with Crippen LogP contribution in [0, 0.1) is 24.7 Å². The van der Waals surface area contributed by atoms with Gasteiger partial charge in [-0.05, 0) is 77.5 Å². The van der Waals surface area contributed by atoms with Crippen molar-refractivity contribution in [2.75, 3.05) is 12.0 Å². The van der Waals surface area contributed by atoms with E-state index < -0.39 is 40.6 Å². The lowest BCUT2D eigenvalue weighted by Crippen LogP contribution is -2.39. The molecule has 0 aromatic heterocycles. The number of hydrogen-bond donors (Lipinski definition) is 4. The highest BCUT2D eigenvalue weighted by Crippen LogP contribution is 2.57. The van der Waals surface area contributed by atoms with Gasteiger partial charge in [-0.2, -0.15) is 0 Å². The zero-order valence-electron chi connectivity index (χ0n) is 19.3. The van der Waals surface area contributed by atoms with Gasteiger partial charge < -0.3 is 15.3 Å². The third-order valence-electron chi connectivity index (χ3n) is 6.84. The van der Waals surface area contributed by atoms with Gasteiger partial charge in [-0.3, -0.25) is 14.4 Å². The van der Waals surface area contributed by atoms with E-state index in [0.717, 1.165) is 22.3 Å². The number of carboxylic acid groups (broad SMARTS) is 3. The maximum Gasteiger partial charge on any atom is 0.303 e. The predicted molar refractivity (Wildman–Crippen MR) is 135 cm³/mol. The smallest absolute Gasteiger partial charge is 0.303 e. The zero-order valence-corrected chi connectivity index (χ0v) is 20.9. The molecule has 2 aromatic rings. The number of benzene rings is 2. The molecule has 3 N–H and O–H groups in total. The molecule has 2 aromatic carbocycles. The minimum Gasteiger partial charge on any atom is -0.481 e. The Hall–Kier alpha value is -2.51. The molecule has 3 rings (SSSR count). The van der Waals surface area contributed by atoms with Crippen LogP contribution >= 0.6 is 22.5 Å². The van der Waals surface area contributed by atoms with Crippen molar-refractivity contribution in [2.24, 2.45) is 17.8 Å². The normalized spacial score (nSPS) is 25.6. The average molecular weight is 507 g/mol. The van der Waals surface area contributed by atoms with E-state index in [4.69, 9.17) is 11.6 Å². The fourth-order valence-electron chi connectivity index (χ4n) is 5.34. The summed E-state index contributed by atoms with van der Waals surface area (Å²) >= 11 is 6.01. The molecule has 0 bridgehead atoms. The van der Waals surface area contributed by atoms with Crippen molar-refractivity contribution < 1.29 is 29.7 Å². The van der Waals surface area contributed by atoms with E-state index in [1.54, 1.807) is 0 Å². The SMILES string of the molecule is Cc1ccc([C@@H]2[C@@H](CC(=O)O)[C@H](CC(=O)O)[C@H](CC(=O)O)C[SH]2C)cc1Cc1ccc(Cl)cc1. The van der Waals surface area contributed by atoms with Crippen LogP contribution in [0.2, 0.25) is 5.02 Å². The summed E-state index contributed by atoms with van der Waals surface area (Å²) in [5.74, 6) is -3.66. The molecule has 0 saturated carbocycles. The van der Waals surface area contributed by atoms with Gasteiger partial charge in [0.2, 0.25) is 0 Å². The van der Waals surface area contributed by atoms with E-state index in [1.165, 1.54) is 0 Å². The number of carbonyl (C=O) groups is 3. The molecule has 1 unspecified atom stereocenters. The lowest BCUT2D eigenvalue weighted by Gasteiger charge is -2.48. The molecular weight excluding hydrogens is 476 g/mol. The third kappa shape index (κ3) is 6.54. The topological polar surface area (TPSA) is 112 Å². The number of hydrogen-bond acceptors (Lipinski definition) is 3. The van der Waals surface area contributed by atoms with Gasteiger partial charge in [0.05, 0.1) is 0 Å². The Balaban J connectivity index is 2.01. The van der Waals surface area contributed by atoms with Gasteiger partial charge in [0.25, 0.3) is 0 Å². The van der Waals surface area contributed by atoms with Crippen molar-refractivity contribution in [2.45, 2.75) is 37.9 Å². The molecule has 8 heteroatoms. The maximum atomic E-state index is 11.8. The van der Waals surface area contributed by atoms with Crippen molar-refractivity contribution in [1.29, 1.82) is 0 Å². The van der Waals surface area contributed by atoms with Gasteiger partial charge in [0, 0.05) is 29.5 Å². The van der Waals surface area contributed by atoms with Gasteiger partial charge in [-0.25, -0.2) is 10.9 Å². The quantitative estimate of drug-likeness (QED) is 0.348. The van der Waals surface area contributed by atoms with E-state index in [0.29, 0.717) is 17.2 Å². The number of aliphatic carboxylic acids is 3. The molecule has 0 amide bonds. The molecule has 1 aliphatic heterocycles. The molecule has 1 heterocycles. The summed E-state index contributed by atoms with van der Waals surface area (Å²) in [6.45, 7) is 2.04. The van der Waals surface area contributed by atoms with E-state index in [1.807, 2.05) is 43.3 Å². The summed E-state index contributed by atoms with van der Waals surface area (Å²) < 4.78 is 0. The summed E-state index contributed by atoms with van der Waals surface area (Å²) in [5, 5.41) is 29.2. The molecule has 1 fully saturated rings. The van der Waals surface area contributed by atoms with Crippen molar-refractivity contribution >= 4 is 40.4 Å². The van der Waals surface area contributed by atoms with Gasteiger partial charge in [-0.15, -0.1) is 0 Å². The minimum absolute atomic E-state index is 0.106. The summed E-state index contributed by atoms with van der Waals surface area (Å²) in [6, 6.07) is 13.8. The van der Waals surface area contributed by atoms with Crippen LogP contribution in [-0.2, 0) is 20.8 Å². The Kier molecular flexibility index (Phi) is 8.66. The van der Waals surface area contributed by atoms with Gasteiger partial charge in [0.15, 0.2) is 0 Å². The van der Waals surface area contributed by atoms with E-state index in [-0.39, 0.29) is 30.4 Å². The van der Waals surface area contributed by atoms with Crippen molar-refractivity contribution in [3.8, 4) is 0 Å². The van der Waals surface area contributed by atoms with Crippen LogP contribution in [0.3, 0.4) is 0 Å². The first-order chi connectivity index (χ1) is 16.0. The Morgan fingerprint density at radius 2 is 1.50 bits per heavy atom. The molecule has 6 nitrogen and oxygen atoms in total. The number of thiol groups is 1. The molecule has 0 aliphatic carbocycles. The number of aryl methyl sites for hydroxylation is 1. The number of rotatable bonds is 9. The Bertz CT molecular complexity index is 1050. The van der Waals surface area contributed by atoms with Gasteiger partial charge in [-0.1, -0.05) is 41.9 Å². The first-order valence-corrected chi connectivity index (χ1v) is 13.7. The van der Waals surface area contributed by atoms with E-state index >= 15 is 0 Å². The molecule has 0 spiro atoms. The van der Waals surface area contributed by atoms with Crippen molar-refractivity contribution in [3.05, 3.63) is 69.7 Å². The minimum atomic E-state index is -1.02. The van der Waals surface area contributed by atoms with Crippen LogP contribution in [0.4, 0.5) is 0 Å². The first-order valence-electron chi connectivity index (χ1n) is 11.2. The second kappa shape index (κ2) is 11.3. The van der Waals surface area contributed by atoms with Crippen LogP contribution in [0.5, 0.6) is 0 Å². The van der Waals surface area contributed by atoms with Crippen LogP contribution < -0.4 is 0 Å². The molecular formula is C26H31ClO6S. The number of carboxylic acids is 3. The van der Waals surface area contributed by atoms with Gasteiger partial charge >= 0.3 is 17.9 Å². The predicted octanol–water partition coefficient (Wildman–Crippen LogP) is 5.20. The van der Waals surface area contributed by atoms with Gasteiger partial charge in [0.1, 0.15) is 0 Å². The summed E-state index contributed by atoms with van der Waals surface area (Å²) in [5.41, 5.74) is 4.37. The monoisotopic (exact) mass is 506 g/mol. The molecule has 1 aliphatic rings. The Morgan fingerprint density at radius 3 is 2.09 bits per heavy atom. The van der Waals surface area contributed by atoms with Crippen LogP contribution in [0.25, 0.3) is 0 Å². The third-order valence-corrected chi connectivity index (χ3v) is 9.77. The van der Waals surface area contributed by atoms with Crippen LogP contribution in [-0.4, -0.2) is 45.2 Å². The summed E-state index contributed by atoms with van der Waals surface area (Å²) in [6.07, 6.45) is 2.25. The van der Waals surface area contributed by atoms with Crippen LogP contribution in [0.15, 0.2) is 42.5 Å². The van der Waals surface area contributed by atoms with E-state index in [2.05, 4.69) is 12.3 Å². The largest absolute Gasteiger partial charge is 0.481 e. The van der Waals surface area contributed by atoms with E-state index in [9.17, 15) is 29.7 Å². The lowest BCUT2D eigenvalue weighted by atomic mass is 9.73. The van der Waals surface area contributed by atoms with Crippen molar-refractivity contribution in [1.82, 2.24) is 0 Å². The Morgan fingerprint density at radius 1 is 0.912 bits per heavy atom. The fraction of sp³-hybridized carbons (Fsp3) is 0.423. The maximum absolute atomic E-state index is 11.8. The second-order valence-electron chi connectivity index (χ2n) is 9.25. The second-order valence-corrected chi connectivity index (χ2v) is 12.1. The molecule has 1 saturated heterocycles. The molecule has 5 atom stereocenters. The fourth-order valence-corrected chi connectivity index (χ4v) is 8.49. The zero-order chi connectivity index (χ0) is 25.0. The lowest BCUT2D eigenvalue weighted by molar-refractivity contribution is -0.144. The summed E-state index contributed by atoms with van der Waals surface area (Å²) in [4.78, 5) is 35.0. The summed E-state index contributed by atoms with van der Waals surface area (Å²) in [7, 11) is -0.745. The average Bonchev–Trinajstić information content (AvgIpc) is 2.73. The molecule has 0 radical (unpaired) electrons. The standard InChI is InChI=1S/C26H31ClO6S/c1-15-3-6-17(10-18(15)9-16-4-7-20(27)8-5-16)26-22(13-25(32)33)21(12-24(30)31)19(11-23(28)29)14-34(26)2/h3-8,10,19,21-22,26,34H,9,11-14H2,1-2H3,(H,28,29)(H,30,31)(H,32,33)/t19-,21-,22+,26-/m1/s1. The Labute approximate surface area is 207 Å². The molecule has 184 valence electrons. The first kappa shape index (κ1) is 26.1. The molecule has 34 heavy (non-hydrogen) atoms. The highest BCUT2D eigenvalue weighted by molar-refractivity contribution is 8.16. The highest BCUT2D eigenvalue weighted by Gasteiger charge is 2.44. The van der Waals surface area contributed by atoms with Crippen molar-refractivity contribution in [3.63, 3.8) is 0 Å². The highest BCUT2D eigenvalue weighted by atomic mass is 35.5. The number of halogens is 1.